The number of H-pyrrole nitrogens is 1. The van der Waals surface area contributed by atoms with Gasteiger partial charge in [-0.15, -0.1) is 0 Å². The number of halogens is 2. The highest BCUT2D eigenvalue weighted by molar-refractivity contribution is 6.49. The standard InChI is InChI=1S/C24H19ClFN3O3/c1-14-22(19-12-18(32-2)7-8-20(19)28-14)23(30)24(31)29(17-9-10-27-21(25)11-17)13-15-3-5-16(26)6-4-15/h3-12,28H,13H2,1-2H3. The Kier molecular flexibility index (Phi) is 5.92. The number of methoxy groups -OCH3 is 1. The number of carbonyl (C=O) groups excluding carboxylic acids is 2. The summed E-state index contributed by atoms with van der Waals surface area (Å²) in [6.07, 6.45) is 1.45. The maximum Gasteiger partial charge on any atom is 0.299 e. The van der Waals surface area contributed by atoms with Gasteiger partial charge in [0.05, 0.1) is 19.2 Å². The normalized spacial score (nSPS) is 10.9. The number of aromatic nitrogens is 2. The molecule has 0 aliphatic heterocycles. The third kappa shape index (κ3) is 4.20. The van der Waals surface area contributed by atoms with Crippen LogP contribution in [0.1, 0.15) is 21.6 Å². The fourth-order valence-electron chi connectivity index (χ4n) is 3.57. The van der Waals surface area contributed by atoms with E-state index in [0.717, 1.165) is 5.52 Å². The van der Waals surface area contributed by atoms with Gasteiger partial charge in [0.25, 0.3) is 11.7 Å². The van der Waals surface area contributed by atoms with Crippen LogP contribution in [-0.4, -0.2) is 28.8 Å². The largest absolute Gasteiger partial charge is 0.497 e. The van der Waals surface area contributed by atoms with Gasteiger partial charge >= 0.3 is 0 Å². The summed E-state index contributed by atoms with van der Waals surface area (Å²) in [6.45, 7) is 1.79. The van der Waals surface area contributed by atoms with Crippen molar-refractivity contribution in [2.75, 3.05) is 12.0 Å². The molecule has 0 saturated carbocycles. The van der Waals surface area contributed by atoms with Crippen molar-refractivity contribution in [1.29, 1.82) is 0 Å². The number of hydrogen-bond donors (Lipinski definition) is 1. The van der Waals surface area contributed by atoms with Gasteiger partial charge in [-0.1, -0.05) is 23.7 Å². The van der Waals surface area contributed by atoms with E-state index in [-0.39, 0.29) is 17.3 Å². The number of ketones is 1. The van der Waals surface area contributed by atoms with Gasteiger partial charge in [0.15, 0.2) is 0 Å². The third-order valence-electron chi connectivity index (χ3n) is 5.14. The molecule has 6 nitrogen and oxygen atoms in total. The maximum atomic E-state index is 13.5. The predicted molar refractivity (Wildman–Crippen MR) is 121 cm³/mol. The average Bonchev–Trinajstić information content (AvgIpc) is 3.12. The molecule has 0 saturated heterocycles. The lowest BCUT2D eigenvalue weighted by Crippen LogP contribution is -2.36. The van der Waals surface area contributed by atoms with Crippen LogP contribution in [0.4, 0.5) is 10.1 Å². The van der Waals surface area contributed by atoms with Gasteiger partial charge in [-0.25, -0.2) is 9.37 Å². The van der Waals surface area contributed by atoms with Crippen molar-refractivity contribution in [3.05, 3.63) is 88.6 Å². The third-order valence-corrected chi connectivity index (χ3v) is 5.34. The number of aromatic amines is 1. The summed E-state index contributed by atoms with van der Waals surface area (Å²) in [7, 11) is 1.53. The first-order chi connectivity index (χ1) is 15.4. The van der Waals surface area contributed by atoms with Crippen LogP contribution in [0.5, 0.6) is 5.75 Å². The molecule has 2 aromatic carbocycles. The van der Waals surface area contributed by atoms with E-state index in [1.54, 1.807) is 43.3 Å². The quantitative estimate of drug-likeness (QED) is 0.252. The molecule has 0 fully saturated rings. The minimum absolute atomic E-state index is 0.0515. The van der Waals surface area contributed by atoms with Gasteiger partial charge in [0.1, 0.15) is 16.7 Å². The molecule has 162 valence electrons. The second kappa shape index (κ2) is 8.80. The Morgan fingerprint density at radius 2 is 1.88 bits per heavy atom. The number of benzene rings is 2. The Hall–Kier alpha value is -3.71. The van der Waals surface area contributed by atoms with Crippen LogP contribution in [0.3, 0.4) is 0 Å². The number of rotatable bonds is 6. The summed E-state index contributed by atoms with van der Waals surface area (Å²) in [5, 5.41) is 0.773. The second-order valence-electron chi connectivity index (χ2n) is 7.22. The summed E-state index contributed by atoms with van der Waals surface area (Å²) in [4.78, 5) is 35.3. The smallest absolute Gasteiger partial charge is 0.299 e. The van der Waals surface area contributed by atoms with Gasteiger partial charge in [-0.05, 0) is 55.0 Å². The SMILES string of the molecule is COc1ccc2[nH]c(C)c(C(=O)C(=O)N(Cc3ccc(F)cc3)c3ccnc(Cl)c3)c2c1. The van der Waals surface area contributed by atoms with Crippen LogP contribution in [0.15, 0.2) is 60.8 Å². The predicted octanol–water partition coefficient (Wildman–Crippen LogP) is 5.09. The molecule has 2 heterocycles. The molecular weight excluding hydrogens is 433 g/mol. The lowest BCUT2D eigenvalue weighted by atomic mass is 10.0. The number of aryl methyl sites for hydroxylation is 1. The summed E-state index contributed by atoms with van der Waals surface area (Å²) >= 11 is 6.03. The van der Waals surface area contributed by atoms with Crippen molar-refractivity contribution in [2.24, 2.45) is 0 Å². The topological polar surface area (TPSA) is 75.3 Å². The Balaban J connectivity index is 1.76. The maximum absolute atomic E-state index is 13.5. The van der Waals surface area contributed by atoms with E-state index in [0.29, 0.717) is 28.1 Å². The van der Waals surface area contributed by atoms with Crippen LogP contribution in [0, 0.1) is 12.7 Å². The van der Waals surface area contributed by atoms with Crippen molar-refractivity contribution in [2.45, 2.75) is 13.5 Å². The molecule has 32 heavy (non-hydrogen) atoms. The van der Waals surface area contributed by atoms with Crippen LogP contribution < -0.4 is 9.64 Å². The summed E-state index contributed by atoms with van der Waals surface area (Å²) < 4.78 is 18.6. The first kappa shape index (κ1) is 21.5. The number of carbonyl (C=O) groups is 2. The number of pyridine rings is 1. The molecule has 0 bridgehead atoms. The molecule has 2 aromatic heterocycles. The highest BCUT2D eigenvalue weighted by Crippen LogP contribution is 2.28. The Morgan fingerprint density at radius 3 is 2.56 bits per heavy atom. The van der Waals surface area contributed by atoms with Gasteiger partial charge in [-0.2, -0.15) is 0 Å². The van der Waals surface area contributed by atoms with Crippen LogP contribution in [0.2, 0.25) is 5.15 Å². The number of Topliss-reactive ketones (excluding diaryl/α,β-unsaturated/α-hetero) is 1. The van der Waals surface area contributed by atoms with E-state index >= 15 is 0 Å². The molecule has 1 N–H and O–H groups in total. The van der Waals surface area contributed by atoms with Gasteiger partial charge < -0.3 is 14.6 Å². The highest BCUT2D eigenvalue weighted by Gasteiger charge is 2.29. The number of nitrogens with one attached hydrogen (secondary N) is 1. The number of fused-ring (bicyclic) bond motifs is 1. The van der Waals surface area contributed by atoms with E-state index in [9.17, 15) is 14.0 Å². The van der Waals surface area contributed by atoms with Crippen molar-refractivity contribution in [3.63, 3.8) is 0 Å². The lowest BCUT2D eigenvalue weighted by Gasteiger charge is -2.22. The molecule has 0 atom stereocenters. The molecular formula is C24H19ClFN3O3. The number of ether oxygens (including phenoxy) is 1. The molecule has 8 heteroatoms. The average molecular weight is 452 g/mol. The van der Waals surface area contributed by atoms with Crippen LogP contribution in [0.25, 0.3) is 10.9 Å². The van der Waals surface area contributed by atoms with Crippen LogP contribution >= 0.6 is 11.6 Å². The van der Waals surface area contributed by atoms with Gasteiger partial charge in [0.2, 0.25) is 0 Å². The van der Waals surface area contributed by atoms with Crippen molar-refractivity contribution < 1.29 is 18.7 Å². The summed E-state index contributed by atoms with van der Waals surface area (Å²) in [6, 6.07) is 14.1. The molecule has 0 aliphatic rings. The number of hydrogen-bond acceptors (Lipinski definition) is 4. The first-order valence-corrected chi connectivity index (χ1v) is 10.1. The number of anilines is 1. The van der Waals surface area contributed by atoms with E-state index in [4.69, 9.17) is 16.3 Å². The zero-order valence-electron chi connectivity index (χ0n) is 17.4. The van der Waals surface area contributed by atoms with E-state index in [1.807, 2.05) is 0 Å². The molecule has 4 aromatic rings. The van der Waals surface area contributed by atoms with Gasteiger partial charge in [0, 0.05) is 28.5 Å². The van der Waals surface area contributed by atoms with Crippen molar-refractivity contribution in [1.82, 2.24) is 9.97 Å². The molecule has 0 radical (unpaired) electrons. The van der Waals surface area contributed by atoms with E-state index < -0.39 is 17.5 Å². The fourth-order valence-corrected chi connectivity index (χ4v) is 3.74. The van der Waals surface area contributed by atoms with Crippen molar-refractivity contribution in [3.8, 4) is 5.75 Å². The highest BCUT2D eigenvalue weighted by atomic mass is 35.5. The Bertz CT molecular complexity index is 1320. The Labute approximate surface area is 188 Å². The van der Waals surface area contributed by atoms with E-state index in [1.165, 1.54) is 36.4 Å². The zero-order valence-corrected chi connectivity index (χ0v) is 18.1. The van der Waals surface area contributed by atoms with Crippen LogP contribution in [-0.2, 0) is 11.3 Å². The minimum atomic E-state index is -0.747. The number of nitrogens with zero attached hydrogens (tertiary/aromatic N) is 2. The van der Waals surface area contributed by atoms with Crippen molar-refractivity contribution >= 4 is 39.9 Å². The first-order valence-electron chi connectivity index (χ1n) is 9.76. The number of amides is 1. The molecule has 0 spiro atoms. The molecule has 0 unspecified atom stereocenters. The Morgan fingerprint density at radius 1 is 1.12 bits per heavy atom. The molecule has 4 rings (SSSR count). The molecule has 0 aliphatic carbocycles. The summed E-state index contributed by atoms with van der Waals surface area (Å²) in [5.41, 5.74) is 2.62. The lowest BCUT2D eigenvalue weighted by molar-refractivity contribution is -0.114. The monoisotopic (exact) mass is 451 g/mol. The van der Waals surface area contributed by atoms with E-state index in [2.05, 4.69) is 9.97 Å². The summed E-state index contributed by atoms with van der Waals surface area (Å²) in [5.74, 6) is -1.25. The van der Waals surface area contributed by atoms with Gasteiger partial charge in [-0.3, -0.25) is 9.59 Å². The second-order valence-corrected chi connectivity index (χ2v) is 7.61. The minimum Gasteiger partial charge on any atom is -0.497 e. The zero-order chi connectivity index (χ0) is 22.8. The fraction of sp³-hybridized carbons (Fsp3) is 0.125. The molecule has 1 amide bonds.